The second kappa shape index (κ2) is 6.27. The van der Waals surface area contributed by atoms with Gasteiger partial charge in [0.2, 0.25) is 0 Å². The first kappa shape index (κ1) is 17.1. The molecule has 1 N–H and O–H groups in total. The number of carbonyl (C=O) groups is 1. The minimum Gasteiger partial charge on any atom is -0.478 e. The van der Waals surface area contributed by atoms with Crippen LogP contribution in [0.2, 0.25) is 5.02 Å². The highest BCUT2D eigenvalue weighted by Gasteiger charge is 2.52. The van der Waals surface area contributed by atoms with Crippen molar-refractivity contribution in [2.75, 3.05) is 0 Å². The van der Waals surface area contributed by atoms with Crippen molar-refractivity contribution in [2.24, 2.45) is 17.8 Å². The number of hydrogen-bond acceptors (Lipinski definition) is 2. The van der Waals surface area contributed by atoms with E-state index in [2.05, 4.69) is 6.07 Å². The molecule has 6 rings (SSSR count). The molecular weight excluding hydrogens is 360 g/mol. The van der Waals surface area contributed by atoms with Crippen LogP contribution in [0.25, 0.3) is 0 Å². The molecule has 3 nitrogen and oxygen atoms in total. The Morgan fingerprint density at radius 1 is 0.963 bits per heavy atom. The van der Waals surface area contributed by atoms with Gasteiger partial charge in [0.1, 0.15) is 17.1 Å². The maximum absolute atomic E-state index is 11.6. The highest BCUT2D eigenvalue weighted by Crippen LogP contribution is 2.62. The van der Waals surface area contributed by atoms with Crippen LogP contribution in [0.4, 0.5) is 0 Å². The third kappa shape index (κ3) is 2.93. The van der Waals surface area contributed by atoms with Gasteiger partial charge in [-0.15, -0.1) is 0 Å². The van der Waals surface area contributed by atoms with Crippen molar-refractivity contribution in [1.82, 2.24) is 0 Å². The molecule has 0 amide bonds. The molecule has 4 saturated carbocycles. The van der Waals surface area contributed by atoms with Gasteiger partial charge < -0.3 is 9.84 Å². The Hall–Kier alpha value is -2.00. The van der Waals surface area contributed by atoms with Crippen molar-refractivity contribution in [3.8, 4) is 11.5 Å². The molecule has 0 aliphatic heterocycles. The molecule has 0 atom stereocenters. The summed E-state index contributed by atoms with van der Waals surface area (Å²) in [7, 11) is 0. The number of ether oxygens (including phenoxy) is 1. The van der Waals surface area contributed by atoms with E-state index in [0.717, 1.165) is 28.5 Å². The summed E-state index contributed by atoms with van der Waals surface area (Å²) >= 11 is 6.39. The topological polar surface area (TPSA) is 46.5 Å². The fourth-order valence-corrected chi connectivity index (χ4v) is 6.47. The third-order valence-electron chi connectivity index (χ3n) is 6.89. The fourth-order valence-electron chi connectivity index (χ4n) is 6.30. The summed E-state index contributed by atoms with van der Waals surface area (Å²) in [4.78, 5) is 11.6. The Morgan fingerprint density at radius 2 is 1.59 bits per heavy atom. The van der Waals surface area contributed by atoms with E-state index in [1.165, 1.54) is 44.1 Å². The van der Waals surface area contributed by atoms with Crippen LogP contribution < -0.4 is 4.74 Å². The number of hydrogen-bond donors (Lipinski definition) is 1. The average Bonchev–Trinajstić information content (AvgIpc) is 2.62. The summed E-state index contributed by atoms with van der Waals surface area (Å²) in [6, 6.07) is 12.6. The lowest BCUT2D eigenvalue weighted by molar-refractivity contribution is -0.00598. The van der Waals surface area contributed by atoms with E-state index in [1.54, 1.807) is 18.2 Å². The Kier molecular flexibility index (Phi) is 3.98. The Labute approximate surface area is 164 Å². The first-order valence-electron chi connectivity index (χ1n) is 9.83. The van der Waals surface area contributed by atoms with Crippen LogP contribution in [0.5, 0.6) is 11.5 Å². The number of carboxylic acids is 1. The minimum atomic E-state index is -0.976. The Morgan fingerprint density at radius 3 is 2.22 bits per heavy atom. The van der Waals surface area contributed by atoms with Gasteiger partial charge in [-0.3, -0.25) is 0 Å². The summed E-state index contributed by atoms with van der Waals surface area (Å²) < 4.78 is 6.21. The molecule has 0 spiro atoms. The zero-order chi connectivity index (χ0) is 18.6. The van der Waals surface area contributed by atoms with Gasteiger partial charge in [-0.05, 0) is 92.0 Å². The van der Waals surface area contributed by atoms with Crippen LogP contribution in [0.15, 0.2) is 42.5 Å². The van der Waals surface area contributed by atoms with Crippen LogP contribution in [0.1, 0.15) is 54.4 Å². The highest BCUT2D eigenvalue weighted by atomic mass is 35.5. The molecule has 27 heavy (non-hydrogen) atoms. The van der Waals surface area contributed by atoms with Crippen molar-refractivity contribution in [3.05, 3.63) is 58.6 Å². The third-order valence-corrected chi connectivity index (χ3v) is 7.12. The molecular formula is C23H23ClO3. The number of para-hydroxylation sites is 1. The first-order valence-corrected chi connectivity index (χ1v) is 10.2. The molecule has 0 heterocycles. The number of carboxylic acid groups (broad SMARTS) is 1. The zero-order valence-corrected chi connectivity index (χ0v) is 15.9. The van der Waals surface area contributed by atoms with Crippen molar-refractivity contribution in [1.29, 1.82) is 0 Å². The summed E-state index contributed by atoms with van der Waals surface area (Å²) in [6.07, 6.45) is 7.73. The molecule has 0 unspecified atom stereocenters. The van der Waals surface area contributed by atoms with Gasteiger partial charge >= 0.3 is 5.97 Å². The van der Waals surface area contributed by atoms with Gasteiger partial charge in [0.15, 0.2) is 0 Å². The van der Waals surface area contributed by atoms with Crippen LogP contribution in [0.3, 0.4) is 0 Å². The van der Waals surface area contributed by atoms with E-state index in [1.807, 2.05) is 18.2 Å². The molecule has 2 aromatic rings. The SMILES string of the molecule is O=C(O)c1ccccc1Oc1ccc(Cl)cc1C12CC3CC(CC(C3)C1)C2. The lowest BCUT2D eigenvalue weighted by Gasteiger charge is -2.57. The molecule has 4 fully saturated rings. The first-order chi connectivity index (χ1) is 13.0. The average molecular weight is 383 g/mol. The van der Waals surface area contributed by atoms with E-state index in [-0.39, 0.29) is 11.0 Å². The predicted molar refractivity (Wildman–Crippen MR) is 105 cm³/mol. The van der Waals surface area contributed by atoms with Crippen LogP contribution in [0, 0.1) is 17.8 Å². The molecule has 0 saturated heterocycles. The molecule has 4 bridgehead atoms. The molecule has 140 valence electrons. The van der Waals surface area contributed by atoms with Gasteiger partial charge in [0, 0.05) is 10.6 Å². The van der Waals surface area contributed by atoms with Gasteiger partial charge in [0.05, 0.1) is 0 Å². The van der Waals surface area contributed by atoms with Gasteiger partial charge in [-0.25, -0.2) is 4.79 Å². The quantitative estimate of drug-likeness (QED) is 0.675. The van der Waals surface area contributed by atoms with Crippen LogP contribution in [-0.2, 0) is 5.41 Å². The maximum Gasteiger partial charge on any atom is 0.339 e. The maximum atomic E-state index is 11.6. The number of rotatable bonds is 4. The van der Waals surface area contributed by atoms with Crippen molar-refractivity contribution < 1.29 is 14.6 Å². The van der Waals surface area contributed by atoms with Crippen molar-refractivity contribution in [3.63, 3.8) is 0 Å². The smallest absolute Gasteiger partial charge is 0.339 e. The van der Waals surface area contributed by atoms with E-state index in [9.17, 15) is 9.90 Å². The minimum absolute atomic E-state index is 0.132. The molecule has 4 heteroatoms. The zero-order valence-electron chi connectivity index (χ0n) is 15.2. The van der Waals surface area contributed by atoms with Gasteiger partial charge in [-0.2, -0.15) is 0 Å². The second-order valence-corrected chi connectivity index (χ2v) is 9.18. The second-order valence-electron chi connectivity index (χ2n) is 8.74. The standard InChI is InChI=1S/C23H23ClO3/c24-17-5-6-21(27-20-4-2-1-3-18(20)22(25)26)19(10-17)23-11-14-7-15(12-23)9-16(8-14)13-23/h1-6,10,14-16H,7-9,11-13H2,(H,25,26). The fraction of sp³-hybridized carbons (Fsp3) is 0.435. The summed E-state index contributed by atoms with van der Waals surface area (Å²) in [6.45, 7) is 0. The molecule has 4 aliphatic rings. The van der Waals surface area contributed by atoms with Gasteiger partial charge in [-0.1, -0.05) is 23.7 Å². The van der Waals surface area contributed by atoms with Crippen molar-refractivity contribution >= 4 is 17.6 Å². The van der Waals surface area contributed by atoms with Crippen LogP contribution >= 0.6 is 11.6 Å². The molecule has 0 radical (unpaired) electrons. The van der Waals surface area contributed by atoms with Crippen molar-refractivity contribution in [2.45, 2.75) is 43.9 Å². The lowest BCUT2D eigenvalue weighted by atomic mass is 9.48. The number of benzene rings is 2. The molecule has 2 aromatic carbocycles. The largest absolute Gasteiger partial charge is 0.478 e. The monoisotopic (exact) mass is 382 g/mol. The lowest BCUT2D eigenvalue weighted by Crippen LogP contribution is -2.48. The highest BCUT2D eigenvalue weighted by molar-refractivity contribution is 6.30. The summed E-state index contributed by atoms with van der Waals surface area (Å²) in [5.74, 6) is 2.61. The number of aromatic carboxylic acids is 1. The van der Waals surface area contributed by atoms with Gasteiger partial charge in [0.25, 0.3) is 0 Å². The van der Waals surface area contributed by atoms with Crippen LogP contribution in [-0.4, -0.2) is 11.1 Å². The molecule has 4 aliphatic carbocycles. The summed E-state index contributed by atoms with van der Waals surface area (Å²) in [5, 5.41) is 10.2. The Bertz CT molecular complexity index is 869. The van der Waals surface area contributed by atoms with E-state index in [0.29, 0.717) is 5.75 Å². The van der Waals surface area contributed by atoms with E-state index >= 15 is 0 Å². The normalized spacial score (nSPS) is 31.1. The predicted octanol–water partition coefficient (Wildman–Crippen LogP) is 6.30. The number of halogens is 1. The molecule has 0 aromatic heterocycles. The van der Waals surface area contributed by atoms with E-state index in [4.69, 9.17) is 16.3 Å². The summed E-state index contributed by atoms with van der Waals surface area (Å²) in [5.41, 5.74) is 1.49. The Balaban J connectivity index is 1.57. The van der Waals surface area contributed by atoms with E-state index < -0.39 is 5.97 Å².